The fraction of sp³-hybridized carbons (Fsp3) is 0. The molecule has 2 aromatic rings. The minimum atomic E-state index is -1.16. The summed E-state index contributed by atoms with van der Waals surface area (Å²) in [5.74, 6) is -2.74. The highest BCUT2D eigenvalue weighted by atomic mass is 16.4. The van der Waals surface area contributed by atoms with E-state index in [0.717, 1.165) is 6.07 Å². The summed E-state index contributed by atoms with van der Waals surface area (Å²) in [6, 6.07) is 6.31. The first-order valence-corrected chi connectivity index (χ1v) is 5.50. The second-order valence-electron chi connectivity index (χ2n) is 3.86. The van der Waals surface area contributed by atoms with Crippen molar-refractivity contribution in [2.45, 2.75) is 0 Å². The van der Waals surface area contributed by atoms with Crippen molar-refractivity contribution in [3.63, 3.8) is 0 Å². The summed E-state index contributed by atoms with van der Waals surface area (Å²) < 4.78 is 0. The van der Waals surface area contributed by atoms with E-state index in [9.17, 15) is 19.8 Å². The molecule has 1 aromatic heterocycles. The number of hydrogen-bond acceptors (Lipinski definition) is 5. The van der Waals surface area contributed by atoms with Crippen LogP contribution in [-0.4, -0.2) is 32.2 Å². The van der Waals surface area contributed by atoms with Crippen LogP contribution in [0, 0.1) is 0 Å². The number of rotatable bonds is 3. The normalized spacial score (nSPS) is 10.0. The SMILES string of the molecule is O=C(O)c1ccnc(NC(=O)c2c(O)cccc2O)c1. The zero-order valence-electron chi connectivity index (χ0n) is 10.1. The number of carbonyl (C=O) groups excluding carboxylic acids is 1. The van der Waals surface area contributed by atoms with Crippen molar-refractivity contribution in [1.82, 2.24) is 4.98 Å². The highest BCUT2D eigenvalue weighted by molar-refractivity contribution is 6.07. The quantitative estimate of drug-likeness (QED) is 0.672. The van der Waals surface area contributed by atoms with Crippen LogP contribution in [-0.2, 0) is 0 Å². The van der Waals surface area contributed by atoms with E-state index in [4.69, 9.17) is 5.11 Å². The average Bonchev–Trinajstić information content (AvgIpc) is 2.38. The number of carboxylic acids is 1. The number of carbonyl (C=O) groups is 2. The number of phenols is 2. The zero-order valence-corrected chi connectivity index (χ0v) is 10.1. The van der Waals surface area contributed by atoms with Crippen LogP contribution < -0.4 is 5.32 Å². The fourth-order valence-electron chi connectivity index (χ4n) is 1.57. The van der Waals surface area contributed by atoms with Gasteiger partial charge in [-0.3, -0.25) is 4.79 Å². The molecule has 2 rings (SSSR count). The summed E-state index contributed by atoms with van der Waals surface area (Å²) in [6.45, 7) is 0. The maximum atomic E-state index is 11.9. The summed E-state index contributed by atoms with van der Waals surface area (Å²) in [7, 11) is 0. The number of benzene rings is 1. The van der Waals surface area contributed by atoms with Gasteiger partial charge in [-0.1, -0.05) is 6.07 Å². The lowest BCUT2D eigenvalue weighted by Gasteiger charge is -2.08. The molecule has 0 aliphatic heterocycles. The van der Waals surface area contributed by atoms with Crippen LogP contribution in [0.25, 0.3) is 0 Å². The van der Waals surface area contributed by atoms with Crippen LogP contribution in [0.1, 0.15) is 20.7 Å². The molecule has 0 saturated carbocycles. The molecule has 0 unspecified atom stereocenters. The number of nitrogens with one attached hydrogen (secondary N) is 1. The van der Waals surface area contributed by atoms with E-state index in [1.54, 1.807) is 0 Å². The number of amides is 1. The molecule has 4 N–H and O–H groups in total. The molecule has 0 saturated heterocycles. The summed E-state index contributed by atoms with van der Waals surface area (Å²) >= 11 is 0. The number of carboxylic acid groups (broad SMARTS) is 1. The van der Waals surface area contributed by atoms with Crippen molar-refractivity contribution < 1.29 is 24.9 Å². The Balaban J connectivity index is 2.28. The number of aromatic nitrogens is 1. The van der Waals surface area contributed by atoms with E-state index in [1.165, 1.54) is 30.5 Å². The van der Waals surface area contributed by atoms with Gasteiger partial charge in [-0.05, 0) is 24.3 Å². The van der Waals surface area contributed by atoms with E-state index in [0.29, 0.717) is 0 Å². The van der Waals surface area contributed by atoms with Crippen LogP contribution in [0.3, 0.4) is 0 Å². The van der Waals surface area contributed by atoms with Crippen molar-refractivity contribution in [1.29, 1.82) is 0 Å². The van der Waals surface area contributed by atoms with Gasteiger partial charge in [0.1, 0.15) is 22.9 Å². The first-order chi connectivity index (χ1) is 9.49. The van der Waals surface area contributed by atoms with Crippen LogP contribution in [0.5, 0.6) is 11.5 Å². The molecule has 0 fully saturated rings. The minimum Gasteiger partial charge on any atom is -0.507 e. The van der Waals surface area contributed by atoms with E-state index >= 15 is 0 Å². The third kappa shape index (κ3) is 2.66. The maximum Gasteiger partial charge on any atom is 0.335 e. The van der Waals surface area contributed by atoms with Gasteiger partial charge in [-0.2, -0.15) is 0 Å². The van der Waals surface area contributed by atoms with E-state index in [2.05, 4.69) is 10.3 Å². The largest absolute Gasteiger partial charge is 0.507 e. The Kier molecular flexibility index (Phi) is 3.52. The number of pyridine rings is 1. The molecule has 1 heterocycles. The van der Waals surface area contributed by atoms with Crippen molar-refractivity contribution in [2.24, 2.45) is 0 Å². The predicted octanol–water partition coefficient (Wildman–Crippen LogP) is 1.44. The van der Waals surface area contributed by atoms with Crippen molar-refractivity contribution in [3.05, 3.63) is 47.7 Å². The van der Waals surface area contributed by atoms with Crippen molar-refractivity contribution >= 4 is 17.7 Å². The van der Waals surface area contributed by atoms with Gasteiger partial charge >= 0.3 is 5.97 Å². The molecule has 0 atom stereocenters. The summed E-state index contributed by atoms with van der Waals surface area (Å²) in [5.41, 5.74) is -0.355. The smallest absolute Gasteiger partial charge is 0.335 e. The molecule has 102 valence electrons. The summed E-state index contributed by atoms with van der Waals surface area (Å²) in [5, 5.41) is 30.2. The monoisotopic (exact) mass is 274 g/mol. The molecule has 7 heteroatoms. The number of anilines is 1. The third-order valence-electron chi connectivity index (χ3n) is 2.50. The number of phenolic OH excluding ortho intramolecular Hbond substituents is 2. The number of nitrogens with zero attached hydrogens (tertiary/aromatic N) is 1. The van der Waals surface area contributed by atoms with E-state index in [1.807, 2.05) is 0 Å². The predicted molar refractivity (Wildman–Crippen MR) is 68.9 cm³/mol. The first-order valence-electron chi connectivity index (χ1n) is 5.50. The van der Waals surface area contributed by atoms with Gasteiger partial charge < -0.3 is 20.6 Å². The summed E-state index contributed by atoms with van der Waals surface area (Å²) in [6.07, 6.45) is 1.23. The number of aromatic carboxylic acids is 1. The molecule has 0 aliphatic rings. The van der Waals surface area contributed by atoms with Gasteiger partial charge in [0.25, 0.3) is 5.91 Å². The summed E-state index contributed by atoms with van der Waals surface area (Å²) in [4.78, 5) is 26.5. The van der Waals surface area contributed by atoms with Crippen LogP contribution in [0.2, 0.25) is 0 Å². The van der Waals surface area contributed by atoms with E-state index < -0.39 is 23.4 Å². The molecule has 1 amide bonds. The molecule has 1 aromatic carbocycles. The first kappa shape index (κ1) is 13.3. The lowest BCUT2D eigenvalue weighted by molar-refractivity contribution is 0.0696. The Morgan fingerprint density at radius 1 is 1.10 bits per heavy atom. The Morgan fingerprint density at radius 3 is 2.35 bits per heavy atom. The molecule has 0 bridgehead atoms. The second kappa shape index (κ2) is 5.27. The standard InChI is InChI=1S/C13H10N2O5/c16-8-2-1-3-9(17)11(8)12(18)15-10-6-7(13(19)20)4-5-14-10/h1-6,16-17H,(H,19,20)(H,14,15,18). The topological polar surface area (TPSA) is 120 Å². The minimum absolute atomic E-state index is 0.00227. The highest BCUT2D eigenvalue weighted by Crippen LogP contribution is 2.26. The van der Waals surface area contributed by atoms with Crippen LogP contribution in [0.15, 0.2) is 36.5 Å². The molecule has 7 nitrogen and oxygen atoms in total. The Hall–Kier alpha value is -3.09. The van der Waals surface area contributed by atoms with Gasteiger partial charge in [0.2, 0.25) is 0 Å². The maximum absolute atomic E-state index is 11.9. The van der Waals surface area contributed by atoms with Gasteiger partial charge in [-0.15, -0.1) is 0 Å². The highest BCUT2D eigenvalue weighted by Gasteiger charge is 2.17. The van der Waals surface area contributed by atoms with Gasteiger partial charge in [0, 0.05) is 6.20 Å². The molecule has 0 aliphatic carbocycles. The van der Waals surface area contributed by atoms with Gasteiger partial charge in [-0.25, -0.2) is 9.78 Å². The Bertz CT molecular complexity index is 664. The van der Waals surface area contributed by atoms with Gasteiger partial charge in [0.05, 0.1) is 5.56 Å². The molecule has 0 radical (unpaired) electrons. The lowest BCUT2D eigenvalue weighted by Crippen LogP contribution is -2.14. The van der Waals surface area contributed by atoms with Crippen molar-refractivity contribution in [3.8, 4) is 11.5 Å². The van der Waals surface area contributed by atoms with Crippen molar-refractivity contribution in [2.75, 3.05) is 5.32 Å². The molecule has 20 heavy (non-hydrogen) atoms. The van der Waals surface area contributed by atoms with Crippen LogP contribution in [0.4, 0.5) is 5.82 Å². The molecule has 0 spiro atoms. The van der Waals surface area contributed by atoms with Gasteiger partial charge in [0.15, 0.2) is 0 Å². The number of hydrogen-bond donors (Lipinski definition) is 4. The second-order valence-corrected chi connectivity index (χ2v) is 3.86. The zero-order chi connectivity index (χ0) is 14.7. The average molecular weight is 274 g/mol. The van der Waals surface area contributed by atoms with Crippen LogP contribution >= 0.6 is 0 Å². The van der Waals surface area contributed by atoms with E-state index in [-0.39, 0.29) is 16.9 Å². The molecular weight excluding hydrogens is 264 g/mol. The number of aromatic hydroxyl groups is 2. The Morgan fingerprint density at radius 2 is 1.75 bits per heavy atom. The molecular formula is C13H10N2O5. The lowest BCUT2D eigenvalue weighted by atomic mass is 10.1. The third-order valence-corrected chi connectivity index (χ3v) is 2.50. The fourth-order valence-corrected chi connectivity index (χ4v) is 1.57. The Labute approximate surface area is 113 Å².